The lowest BCUT2D eigenvalue weighted by molar-refractivity contribution is -0.192. The molecule has 0 aliphatic carbocycles. The van der Waals surface area contributed by atoms with E-state index in [1.165, 1.54) is 17.7 Å². The normalized spacial score (nSPS) is 15.0. The summed E-state index contributed by atoms with van der Waals surface area (Å²) in [6.07, 6.45) is -2.53. The fourth-order valence-corrected chi connectivity index (χ4v) is 4.13. The number of carboxylic acids is 1. The molecule has 1 fully saturated rings. The van der Waals surface area contributed by atoms with Crippen molar-refractivity contribution >= 4 is 11.9 Å². The Balaban J connectivity index is 0.000000448. The van der Waals surface area contributed by atoms with Gasteiger partial charge in [-0.3, -0.25) is 9.69 Å². The molecule has 0 spiro atoms. The molecule has 1 N–H and O–H groups in total. The van der Waals surface area contributed by atoms with Crippen LogP contribution in [0.3, 0.4) is 0 Å². The third-order valence-electron chi connectivity index (χ3n) is 6.17. The fourth-order valence-electron chi connectivity index (χ4n) is 4.13. The Labute approximate surface area is 220 Å². The van der Waals surface area contributed by atoms with Gasteiger partial charge in [-0.15, -0.1) is 0 Å². The molecule has 2 aromatic carbocycles. The highest BCUT2D eigenvalue weighted by atomic mass is 19.4. The number of hydrogen-bond donors (Lipinski definition) is 1. The van der Waals surface area contributed by atoms with Crippen LogP contribution in [0.15, 0.2) is 53.2 Å². The molecule has 3 heterocycles. The highest BCUT2D eigenvalue weighted by molar-refractivity contribution is 5.77. The summed E-state index contributed by atoms with van der Waals surface area (Å²) in [5, 5.41) is 11.0. The summed E-state index contributed by atoms with van der Waals surface area (Å²) in [5.74, 6) is -0.759. The molecule has 9 nitrogen and oxygen atoms in total. The van der Waals surface area contributed by atoms with Crippen molar-refractivity contribution in [3.05, 3.63) is 65.6 Å². The largest absolute Gasteiger partial charge is 0.490 e. The molecule has 0 atom stereocenters. The van der Waals surface area contributed by atoms with Gasteiger partial charge in [-0.25, -0.2) is 9.18 Å². The maximum atomic E-state index is 13.2. The number of alkyl halides is 3. The number of amides is 1. The number of carbonyl (C=O) groups is 2. The van der Waals surface area contributed by atoms with E-state index in [2.05, 4.69) is 16.1 Å². The van der Waals surface area contributed by atoms with Crippen molar-refractivity contribution in [2.24, 2.45) is 0 Å². The second-order valence-corrected chi connectivity index (χ2v) is 8.83. The van der Waals surface area contributed by atoms with E-state index in [9.17, 15) is 22.4 Å². The van der Waals surface area contributed by atoms with E-state index in [0.717, 1.165) is 42.3 Å². The fraction of sp³-hybridized carbons (Fsp3) is 0.346. The van der Waals surface area contributed by atoms with Gasteiger partial charge in [-0.05, 0) is 48.4 Å². The molecule has 2 aliphatic heterocycles. The molecule has 0 unspecified atom stereocenters. The first kappa shape index (κ1) is 27.9. The molecule has 0 radical (unpaired) electrons. The molecule has 1 amide bonds. The zero-order valence-corrected chi connectivity index (χ0v) is 20.6. The number of aliphatic carboxylic acids is 1. The third-order valence-corrected chi connectivity index (χ3v) is 6.17. The van der Waals surface area contributed by atoms with Crippen molar-refractivity contribution in [2.75, 3.05) is 33.0 Å². The highest BCUT2D eigenvalue weighted by Gasteiger charge is 2.38. The maximum absolute atomic E-state index is 13.2. The van der Waals surface area contributed by atoms with Gasteiger partial charge in [0, 0.05) is 50.3 Å². The monoisotopic (exact) mass is 551 g/mol. The first-order valence-electron chi connectivity index (χ1n) is 12.0. The molecule has 208 valence electrons. The van der Waals surface area contributed by atoms with Gasteiger partial charge in [0.2, 0.25) is 12.7 Å². The van der Waals surface area contributed by atoms with Crippen molar-refractivity contribution < 1.29 is 46.3 Å². The molecule has 1 saturated heterocycles. The standard InChI is InChI=1S/C24H24FN3O4.C2HF3O2/c25-20-5-2-18(3-6-20)24-19(14-26-32-24)4-8-23(29)28-11-9-27(10-12-28)15-17-1-7-21-22(13-17)31-16-30-21;3-2(4,5)1(6)7/h1-3,5-7,13-14H,4,8-12,15-16H2;(H,6,7). The minimum atomic E-state index is -5.08. The predicted octanol–water partition coefficient (Wildman–Crippen LogP) is 4.12. The van der Waals surface area contributed by atoms with E-state index in [-0.39, 0.29) is 18.5 Å². The van der Waals surface area contributed by atoms with Gasteiger partial charge in [0.25, 0.3) is 0 Å². The molecule has 5 rings (SSSR count). The molecule has 3 aromatic rings. The first-order valence-corrected chi connectivity index (χ1v) is 12.0. The Hall–Kier alpha value is -4.13. The second-order valence-electron chi connectivity index (χ2n) is 8.83. The molecular formula is C26H25F4N3O6. The lowest BCUT2D eigenvalue weighted by atomic mass is 10.0. The van der Waals surface area contributed by atoms with Gasteiger partial charge in [0.05, 0.1) is 6.20 Å². The van der Waals surface area contributed by atoms with Crippen molar-refractivity contribution in [1.82, 2.24) is 15.0 Å². The summed E-state index contributed by atoms with van der Waals surface area (Å²) < 4.78 is 61.1. The smallest absolute Gasteiger partial charge is 0.475 e. The zero-order valence-electron chi connectivity index (χ0n) is 20.6. The molecule has 1 aromatic heterocycles. The van der Waals surface area contributed by atoms with Crippen LogP contribution in [0.2, 0.25) is 0 Å². The number of aryl methyl sites for hydroxylation is 1. The van der Waals surface area contributed by atoms with Crippen molar-refractivity contribution in [3.8, 4) is 22.8 Å². The quantitative estimate of drug-likeness (QED) is 0.457. The number of aromatic nitrogens is 1. The van der Waals surface area contributed by atoms with Gasteiger partial charge in [-0.1, -0.05) is 11.2 Å². The second kappa shape index (κ2) is 12.2. The molecule has 2 aliphatic rings. The third kappa shape index (κ3) is 7.47. The van der Waals surface area contributed by atoms with Crippen LogP contribution in [0.4, 0.5) is 17.6 Å². The summed E-state index contributed by atoms with van der Waals surface area (Å²) in [5.41, 5.74) is 2.78. The van der Waals surface area contributed by atoms with Crippen LogP contribution in [-0.2, 0) is 22.6 Å². The van der Waals surface area contributed by atoms with Crippen LogP contribution in [0, 0.1) is 5.82 Å². The van der Waals surface area contributed by atoms with E-state index in [0.29, 0.717) is 31.7 Å². The summed E-state index contributed by atoms with van der Waals surface area (Å²) in [7, 11) is 0. The van der Waals surface area contributed by atoms with E-state index in [1.54, 1.807) is 18.3 Å². The first-order chi connectivity index (χ1) is 18.6. The van der Waals surface area contributed by atoms with E-state index in [1.807, 2.05) is 17.0 Å². The zero-order chi connectivity index (χ0) is 28.0. The Morgan fingerprint density at radius 1 is 0.974 bits per heavy atom. The number of carbonyl (C=O) groups excluding carboxylic acids is 1. The van der Waals surface area contributed by atoms with Crippen LogP contribution < -0.4 is 9.47 Å². The Morgan fingerprint density at radius 3 is 2.31 bits per heavy atom. The molecule has 0 bridgehead atoms. The van der Waals surface area contributed by atoms with E-state index < -0.39 is 12.1 Å². The molecule has 39 heavy (non-hydrogen) atoms. The SMILES string of the molecule is O=C(CCc1cnoc1-c1ccc(F)cc1)N1CCN(Cc2ccc3c(c2)OCO3)CC1.O=C(O)C(F)(F)F. The Kier molecular flexibility index (Phi) is 8.69. The number of halogens is 4. The lowest BCUT2D eigenvalue weighted by Gasteiger charge is -2.34. The van der Waals surface area contributed by atoms with Crippen LogP contribution in [0.1, 0.15) is 17.5 Å². The summed E-state index contributed by atoms with van der Waals surface area (Å²) >= 11 is 0. The highest BCUT2D eigenvalue weighted by Crippen LogP contribution is 2.33. The number of benzene rings is 2. The number of carboxylic acid groups (broad SMARTS) is 1. The minimum absolute atomic E-state index is 0.124. The minimum Gasteiger partial charge on any atom is -0.475 e. The molecular weight excluding hydrogens is 526 g/mol. The number of hydrogen-bond acceptors (Lipinski definition) is 7. The van der Waals surface area contributed by atoms with E-state index >= 15 is 0 Å². The van der Waals surface area contributed by atoms with Crippen LogP contribution in [0.5, 0.6) is 11.5 Å². The molecule has 0 saturated carbocycles. The van der Waals surface area contributed by atoms with Crippen LogP contribution in [0.25, 0.3) is 11.3 Å². The number of piperazine rings is 1. The summed E-state index contributed by atoms with van der Waals surface area (Å²) in [6.45, 7) is 4.17. The number of fused-ring (bicyclic) bond motifs is 1. The number of nitrogens with zero attached hydrogens (tertiary/aromatic N) is 3. The lowest BCUT2D eigenvalue weighted by Crippen LogP contribution is -2.48. The van der Waals surface area contributed by atoms with Crippen LogP contribution in [-0.4, -0.2) is 71.1 Å². The average molecular weight is 551 g/mol. The van der Waals surface area contributed by atoms with Gasteiger partial charge in [0.1, 0.15) is 5.82 Å². The Morgan fingerprint density at radius 2 is 1.64 bits per heavy atom. The topological polar surface area (TPSA) is 105 Å². The average Bonchev–Trinajstić information content (AvgIpc) is 3.57. The summed E-state index contributed by atoms with van der Waals surface area (Å²) in [4.78, 5) is 25.9. The van der Waals surface area contributed by atoms with E-state index in [4.69, 9.17) is 23.9 Å². The summed E-state index contributed by atoms with van der Waals surface area (Å²) in [6, 6.07) is 12.1. The van der Waals surface area contributed by atoms with Gasteiger partial charge >= 0.3 is 12.1 Å². The van der Waals surface area contributed by atoms with Crippen molar-refractivity contribution in [2.45, 2.75) is 25.6 Å². The predicted molar refractivity (Wildman–Crippen MR) is 128 cm³/mol. The maximum Gasteiger partial charge on any atom is 0.490 e. The van der Waals surface area contributed by atoms with Crippen molar-refractivity contribution in [3.63, 3.8) is 0 Å². The number of ether oxygens (including phenoxy) is 2. The van der Waals surface area contributed by atoms with Crippen molar-refractivity contribution in [1.29, 1.82) is 0 Å². The van der Waals surface area contributed by atoms with Gasteiger partial charge in [0.15, 0.2) is 17.3 Å². The van der Waals surface area contributed by atoms with Gasteiger partial charge < -0.3 is 24.0 Å². The Bertz CT molecular complexity index is 1290. The number of rotatable bonds is 6. The molecule has 13 heteroatoms. The van der Waals surface area contributed by atoms with Gasteiger partial charge in [-0.2, -0.15) is 13.2 Å². The van der Waals surface area contributed by atoms with Crippen LogP contribution >= 0.6 is 0 Å².